The zero-order chi connectivity index (χ0) is 15.8. The molecule has 1 fully saturated rings. The van der Waals surface area contributed by atoms with Crippen molar-refractivity contribution in [1.29, 1.82) is 0 Å². The van der Waals surface area contributed by atoms with E-state index in [9.17, 15) is 14.7 Å². The number of hydrogen-bond acceptors (Lipinski definition) is 2. The third-order valence-corrected chi connectivity index (χ3v) is 7.66. The van der Waals surface area contributed by atoms with E-state index in [1.165, 1.54) is 0 Å². The first-order valence-electron chi connectivity index (χ1n) is 6.44. The van der Waals surface area contributed by atoms with E-state index in [2.05, 4.69) is 73.1 Å². The zero-order valence-electron chi connectivity index (χ0n) is 11.3. The Morgan fingerprint density at radius 2 is 2.00 bits per heavy atom. The lowest BCUT2D eigenvalue weighted by Crippen LogP contribution is -2.47. The molecule has 0 spiro atoms. The summed E-state index contributed by atoms with van der Waals surface area (Å²) in [6.07, 6.45) is 2.15. The minimum absolute atomic E-state index is 0.185. The van der Waals surface area contributed by atoms with E-state index in [1.54, 1.807) is 6.92 Å². The highest BCUT2D eigenvalue weighted by atomic mass is 127. The number of carbonyl (C=O) groups is 2. The Morgan fingerprint density at radius 3 is 2.62 bits per heavy atom. The summed E-state index contributed by atoms with van der Waals surface area (Å²) in [4.78, 5) is 24.0. The molecule has 1 aromatic carbocycles. The Bertz CT molecular complexity index is 605. The lowest BCUT2D eigenvalue weighted by molar-refractivity contribution is -0.148. The lowest BCUT2D eigenvalue weighted by Gasteiger charge is -2.28. The topological polar surface area (TPSA) is 66.4 Å². The van der Waals surface area contributed by atoms with Crippen molar-refractivity contribution in [3.63, 3.8) is 0 Å². The van der Waals surface area contributed by atoms with Crippen LogP contribution < -0.4 is 5.32 Å². The van der Waals surface area contributed by atoms with Gasteiger partial charge in [0.2, 0.25) is 0 Å². The molecule has 1 aliphatic carbocycles. The van der Waals surface area contributed by atoms with Crippen molar-refractivity contribution >= 4 is 79.6 Å². The van der Waals surface area contributed by atoms with Crippen LogP contribution in [0.5, 0.6) is 0 Å². The highest BCUT2D eigenvalue weighted by Gasteiger charge is 2.46. The Balaban J connectivity index is 2.25. The molecule has 2 rings (SSSR count). The zero-order valence-corrected chi connectivity index (χ0v) is 17.7. The maximum atomic E-state index is 12.5. The number of nitrogens with one attached hydrogen (secondary N) is 1. The van der Waals surface area contributed by atoms with Crippen molar-refractivity contribution in [3.8, 4) is 0 Å². The van der Waals surface area contributed by atoms with Crippen LogP contribution in [0.2, 0.25) is 0 Å². The first kappa shape index (κ1) is 17.7. The number of carboxylic acid groups (broad SMARTS) is 1. The number of hydrogen-bond donors (Lipinski definition) is 2. The normalized spacial score (nSPS) is 24.9. The SMILES string of the molecule is CC1(C(=O)O)CCCC1NC(=O)c1cc(I)cc(I)c1I. The summed E-state index contributed by atoms with van der Waals surface area (Å²) in [5.41, 5.74) is -0.248. The van der Waals surface area contributed by atoms with E-state index in [0.29, 0.717) is 18.4 Å². The van der Waals surface area contributed by atoms with E-state index in [0.717, 1.165) is 17.1 Å². The summed E-state index contributed by atoms with van der Waals surface area (Å²) in [6, 6.07) is 3.54. The van der Waals surface area contributed by atoms with Gasteiger partial charge in [-0.15, -0.1) is 0 Å². The van der Waals surface area contributed by atoms with Gasteiger partial charge in [0.05, 0.1) is 11.0 Å². The highest BCUT2D eigenvalue weighted by molar-refractivity contribution is 14.1. The molecule has 1 aromatic rings. The molecule has 0 aliphatic heterocycles. The fourth-order valence-corrected chi connectivity index (χ4v) is 5.01. The third kappa shape index (κ3) is 3.65. The van der Waals surface area contributed by atoms with Gasteiger partial charge < -0.3 is 10.4 Å². The summed E-state index contributed by atoms with van der Waals surface area (Å²) < 4.78 is 2.92. The number of carbonyl (C=O) groups excluding carboxylic acids is 1. The molecular formula is C14H14I3NO3. The van der Waals surface area contributed by atoms with Crippen molar-refractivity contribution < 1.29 is 14.7 Å². The number of carboxylic acids is 1. The molecule has 2 unspecified atom stereocenters. The summed E-state index contributed by atoms with van der Waals surface area (Å²) in [5.74, 6) is -1.02. The van der Waals surface area contributed by atoms with Gasteiger partial charge in [0.25, 0.3) is 5.91 Å². The minimum atomic E-state index is -0.865. The second kappa shape index (κ2) is 6.85. The molecule has 0 aromatic heterocycles. The minimum Gasteiger partial charge on any atom is -0.481 e. The number of aliphatic carboxylic acids is 1. The standard InChI is InChI=1S/C14H14I3NO3/c1-14(13(20)21)4-2-3-10(14)18-12(19)8-5-7(15)6-9(16)11(8)17/h5-6,10H,2-4H2,1H3,(H,18,19)(H,20,21). The summed E-state index contributed by atoms with van der Waals surface area (Å²) in [6.45, 7) is 1.72. The van der Waals surface area contributed by atoms with Gasteiger partial charge in [-0.3, -0.25) is 9.59 Å². The smallest absolute Gasteiger partial charge is 0.311 e. The van der Waals surface area contributed by atoms with Gasteiger partial charge in [-0.1, -0.05) is 6.42 Å². The van der Waals surface area contributed by atoms with E-state index >= 15 is 0 Å². The average Bonchev–Trinajstić information content (AvgIpc) is 2.76. The molecule has 2 N–H and O–H groups in total. The summed E-state index contributed by atoms with van der Waals surface area (Å²) >= 11 is 6.54. The second-order valence-electron chi connectivity index (χ2n) is 5.39. The Kier molecular flexibility index (Phi) is 5.77. The summed E-state index contributed by atoms with van der Waals surface area (Å²) in [7, 11) is 0. The van der Waals surface area contributed by atoms with Gasteiger partial charge in [-0.2, -0.15) is 0 Å². The van der Waals surface area contributed by atoms with Gasteiger partial charge in [-0.25, -0.2) is 0 Å². The van der Waals surface area contributed by atoms with Crippen LogP contribution in [-0.2, 0) is 4.79 Å². The Morgan fingerprint density at radius 1 is 1.33 bits per heavy atom. The molecule has 1 aliphatic rings. The van der Waals surface area contributed by atoms with Crippen LogP contribution >= 0.6 is 67.8 Å². The molecule has 0 saturated heterocycles. The Hall–Kier alpha value is 0.350. The molecule has 0 bridgehead atoms. The van der Waals surface area contributed by atoms with Crippen molar-refractivity contribution in [2.24, 2.45) is 5.41 Å². The molecule has 1 saturated carbocycles. The van der Waals surface area contributed by atoms with E-state index in [1.807, 2.05) is 12.1 Å². The third-order valence-electron chi connectivity index (χ3n) is 3.99. The summed E-state index contributed by atoms with van der Waals surface area (Å²) in [5, 5.41) is 12.3. The quantitative estimate of drug-likeness (QED) is 0.397. The van der Waals surface area contributed by atoms with E-state index < -0.39 is 11.4 Å². The van der Waals surface area contributed by atoms with Crippen molar-refractivity contribution in [2.75, 3.05) is 0 Å². The van der Waals surface area contributed by atoms with Gasteiger partial charge in [-0.05, 0) is 99.7 Å². The van der Waals surface area contributed by atoms with Crippen LogP contribution in [0.15, 0.2) is 12.1 Å². The van der Waals surface area contributed by atoms with Crippen LogP contribution in [0.1, 0.15) is 36.5 Å². The lowest BCUT2D eigenvalue weighted by atomic mass is 9.85. The maximum Gasteiger partial charge on any atom is 0.311 e. The number of benzene rings is 1. The second-order valence-corrected chi connectivity index (χ2v) is 8.88. The van der Waals surface area contributed by atoms with Crippen molar-refractivity contribution in [1.82, 2.24) is 5.32 Å². The monoisotopic (exact) mass is 625 g/mol. The fraction of sp³-hybridized carbons (Fsp3) is 0.429. The maximum absolute atomic E-state index is 12.5. The van der Waals surface area contributed by atoms with Crippen molar-refractivity contribution in [3.05, 3.63) is 28.4 Å². The van der Waals surface area contributed by atoms with Crippen molar-refractivity contribution in [2.45, 2.75) is 32.2 Å². The molecule has 2 atom stereocenters. The highest BCUT2D eigenvalue weighted by Crippen LogP contribution is 2.38. The van der Waals surface area contributed by atoms with Crippen LogP contribution in [0.4, 0.5) is 0 Å². The van der Waals surface area contributed by atoms with Crippen LogP contribution in [-0.4, -0.2) is 23.0 Å². The number of halogens is 3. The number of rotatable bonds is 3. The van der Waals surface area contributed by atoms with E-state index in [4.69, 9.17) is 0 Å². The predicted octanol–water partition coefficient (Wildman–Crippen LogP) is 3.87. The van der Waals surface area contributed by atoms with Gasteiger partial charge in [0, 0.05) is 16.8 Å². The number of amides is 1. The first-order chi connectivity index (χ1) is 9.75. The fourth-order valence-electron chi connectivity index (χ4n) is 2.61. The van der Waals surface area contributed by atoms with Gasteiger partial charge in [0.15, 0.2) is 0 Å². The van der Waals surface area contributed by atoms with Gasteiger partial charge in [0.1, 0.15) is 0 Å². The van der Waals surface area contributed by atoms with E-state index in [-0.39, 0.29) is 11.9 Å². The molecule has 21 heavy (non-hydrogen) atoms. The molecule has 4 nitrogen and oxygen atoms in total. The molecular weight excluding hydrogens is 611 g/mol. The largest absolute Gasteiger partial charge is 0.481 e. The van der Waals surface area contributed by atoms with Crippen LogP contribution in [0.25, 0.3) is 0 Å². The molecule has 1 amide bonds. The predicted molar refractivity (Wildman–Crippen MR) is 105 cm³/mol. The molecule has 0 heterocycles. The van der Waals surface area contributed by atoms with Crippen LogP contribution in [0.3, 0.4) is 0 Å². The van der Waals surface area contributed by atoms with Gasteiger partial charge >= 0.3 is 5.97 Å². The molecule has 7 heteroatoms. The Labute approximate surface area is 164 Å². The first-order valence-corrected chi connectivity index (χ1v) is 9.68. The van der Waals surface area contributed by atoms with Crippen LogP contribution in [0, 0.1) is 16.1 Å². The average molecular weight is 625 g/mol. The molecule has 114 valence electrons. The molecule has 0 radical (unpaired) electrons.